The van der Waals surface area contributed by atoms with Gasteiger partial charge < -0.3 is 20.1 Å². The van der Waals surface area contributed by atoms with E-state index in [1.54, 1.807) is 30.3 Å². The van der Waals surface area contributed by atoms with Gasteiger partial charge in [0, 0.05) is 32.9 Å². The summed E-state index contributed by atoms with van der Waals surface area (Å²) in [5.74, 6) is 0.189. The van der Waals surface area contributed by atoms with Crippen LogP contribution in [0.25, 0.3) is 11.3 Å². The smallest absolute Gasteiger partial charge is 0.271 e. The van der Waals surface area contributed by atoms with Gasteiger partial charge in [0.2, 0.25) is 0 Å². The van der Waals surface area contributed by atoms with Crippen molar-refractivity contribution in [2.24, 2.45) is 5.10 Å². The molecule has 0 aliphatic rings. The van der Waals surface area contributed by atoms with Crippen molar-refractivity contribution in [3.63, 3.8) is 0 Å². The normalized spacial score (nSPS) is 10.8. The molecule has 0 bridgehead atoms. The van der Waals surface area contributed by atoms with Crippen LogP contribution in [0.5, 0.6) is 11.5 Å². The molecule has 2 amide bonds. The van der Waals surface area contributed by atoms with Gasteiger partial charge in [0.05, 0.1) is 19.0 Å². The summed E-state index contributed by atoms with van der Waals surface area (Å²) < 4.78 is 11.1. The molecule has 45 heavy (non-hydrogen) atoms. The SMILES string of the molecule is COc1cc(/C=N\NC(=O)c2ccc(-c3csc(Nc4ccc(Cl)cc4)n3)cc2)ccc1OCC(=O)Nc1cc(C)ccc1C. The standard InChI is InChI=1S/C34H30ClN5O4S/c1-21-4-5-22(2)28(16-21)38-32(41)19-44-30-15-6-23(17-31(30)43-3)18-36-40-33(42)25-9-7-24(8-10-25)29-20-45-34(39-29)37-27-13-11-26(35)12-14-27/h4-18,20H,19H2,1-3H3,(H,37,39)(H,38,41)(H,40,42)/b36-18-. The lowest BCUT2D eigenvalue weighted by Crippen LogP contribution is -2.21. The number of halogens is 1. The van der Waals surface area contributed by atoms with Crippen molar-refractivity contribution < 1.29 is 19.1 Å². The van der Waals surface area contributed by atoms with Crippen LogP contribution in [-0.2, 0) is 4.79 Å². The van der Waals surface area contributed by atoms with Crippen molar-refractivity contribution in [1.29, 1.82) is 0 Å². The van der Waals surface area contributed by atoms with E-state index in [0.29, 0.717) is 27.6 Å². The molecule has 5 aromatic rings. The van der Waals surface area contributed by atoms with Crippen LogP contribution in [0.4, 0.5) is 16.5 Å². The zero-order valence-electron chi connectivity index (χ0n) is 24.8. The van der Waals surface area contributed by atoms with Crippen LogP contribution in [0, 0.1) is 13.8 Å². The molecular weight excluding hydrogens is 610 g/mol. The van der Waals surface area contributed by atoms with E-state index in [4.69, 9.17) is 21.1 Å². The van der Waals surface area contributed by atoms with E-state index in [2.05, 4.69) is 26.1 Å². The minimum absolute atomic E-state index is 0.185. The first kappa shape index (κ1) is 31.2. The number of nitrogens with one attached hydrogen (secondary N) is 3. The molecule has 0 atom stereocenters. The van der Waals surface area contributed by atoms with Crippen molar-refractivity contribution >= 4 is 57.5 Å². The van der Waals surface area contributed by atoms with Crippen molar-refractivity contribution in [3.8, 4) is 22.8 Å². The fraction of sp³-hybridized carbons (Fsp3) is 0.118. The van der Waals surface area contributed by atoms with Gasteiger partial charge >= 0.3 is 0 Å². The Morgan fingerprint density at radius 3 is 2.49 bits per heavy atom. The monoisotopic (exact) mass is 639 g/mol. The minimum atomic E-state index is -0.358. The number of benzene rings is 4. The Morgan fingerprint density at radius 1 is 0.956 bits per heavy atom. The van der Waals surface area contributed by atoms with E-state index in [-0.39, 0.29) is 18.4 Å². The molecule has 1 aromatic heterocycles. The second kappa shape index (κ2) is 14.5. The van der Waals surface area contributed by atoms with Gasteiger partial charge in [-0.05, 0) is 91.2 Å². The highest BCUT2D eigenvalue weighted by Gasteiger charge is 2.11. The molecule has 0 radical (unpaired) electrons. The van der Waals surface area contributed by atoms with E-state index in [9.17, 15) is 9.59 Å². The predicted octanol–water partition coefficient (Wildman–Crippen LogP) is 7.61. The van der Waals surface area contributed by atoms with Gasteiger partial charge in [-0.3, -0.25) is 9.59 Å². The molecule has 3 N–H and O–H groups in total. The number of methoxy groups -OCH3 is 1. The number of carbonyl (C=O) groups is 2. The number of anilines is 3. The van der Waals surface area contributed by atoms with Crippen molar-refractivity contribution in [2.45, 2.75) is 13.8 Å². The third-order valence-corrected chi connectivity index (χ3v) is 7.65. The van der Waals surface area contributed by atoms with E-state index in [0.717, 1.165) is 38.9 Å². The molecule has 0 aliphatic carbocycles. The molecule has 5 rings (SSSR count). The number of amides is 2. The largest absolute Gasteiger partial charge is 0.493 e. The number of carbonyl (C=O) groups excluding carboxylic acids is 2. The number of aryl methyl sites for hydroxylation is 2. The molecule has 0 saturated carbocycles. The molecule has 0 spiro atoms. The lowest BCUT2D eigenvalue weighted by molar-refractivity contribution is -0.118. The molecule has 9 nitrogen and oxygen atoms in total. The summed E-state index contributed by atoms with van der Waals surface area (Å²) in [6, 6.07) is 25.5. The van der Waals surface area contributed by atoms with Crippen LogP contribution >= 0.6 is 22.9 Å². The maximum absolute atomic E-state index is 12.7. The maximum Gasteiger partial charge on any atom is 0.271 e. The molecule has 0 aliphatic heterocycles. The number of hydrogen-bond donors (Lipinski definition) is 3. The Labute approximate surface area is 269 Å². The zero-order chi connectivity index (χ0) is 31.8. The number of rotatable bonds is 11. The highest BCUT2D eigenvalue weighted by atomic mass is 35.5. The number of nitrogens with zero attached hydrogens (tertiary/aromatic N) is 2. The first-order valence-corrected chi connectivity index (χ1v) is 15.1. The number of hydrogen-bond acceptors (Lipinski definition) is 8. The molecule has 11 heteroatoms. The van der Waals surface area contributed by atoms with Crippen LogP contribution in [0.2, 0.25) is 5.02 Å². The maximum atomic E-state index is 12.7. The van der Waals surface area contributed by atoms with Crippen LogP contribution in [-0.4, -0.2) is 36.7 Å². The molecule has 0 unspecified atom stereocenters. The second-order valence-corrected chi connectivity index (χ2v) is 11.3. The molecule has 4 aromatic carbocycles. The average molecular weight is 640 g/mol. The number of ether oxygens (including phenoxy) is 2. The molecule has 0 fully saturated rings. The predicted molar refractivity (Wildman–Crippen MR) is 180 cm³/mol. The summed E-state index contributed by atoms with van der Waals surface area (Å²) in [7, 11) is 1.51. The van der Waals surface area contributed by atoms with Gasteiger partial charge in [0.25, 0.3) is 11.8 Å². The Hall–Kier alpha value is -5.19. The van der Waals surface area contributed by atoms with E-state index in [1.165, 1.54) is 24.7 Å². The second-order valence-electron chi connectivity index (χ2n) is 10.0. The fourth-order valence-electron chi connectivity index (χ4n) is 4.23. The topological polar surface area (TPSA) is 114 Å². The summed E-state index contributed by atoms with van der Waals surface area (Å²) in [5.41, 5.74) is 8.99. The zero-order valence-corrected chi connectivity index (χ0v) is 26.3. The van der Waals surface area contributed by atoms with E-state index < -0.39 is 0 Å². The van der Waals surface area contributed by atoms with Crippen molar-refractivity contribution in [3.05, 3.63) is 118 Å². The van der Waals surface area contributed by atoms with Crippen LogP contribution in [0.3, 0.4) is 0 Å². The Bertz CT molecular complexity index is 1840. The number of hydrazone groups is 1. The first-order valence-electron chi connectivity index (χ1n) is 13.9. The Balaban J connectivity index is 1.13. The van der Waals surface area contributed by atoms with Crippen LogP contribution in [0.15, 0.2) is 95.4 Å². The Kier molecular flexibility index (Phi) is 10.1. The molecule has 0 saturated heterocycles. The van der Waals surface area contributed by atoms with Gasteiger partial charge in [-0.25, -0.2) is 10.4 Å². The van der Waals surface area contributed by atoms with Crippen molar-refractivity contribution in [2.75, 3.05) is 24.4 Å². The molecule has 228 valence electrons. The number of thiazole rings is 1. The molecule has 1 heterocycles. The van der Waals surface area contributed by atoms with Crippen LogP contribution in [0.1, 0.15) is 27.0 Å². The third-order valence-electron chi connectivity index (χ3n) is 6.64. The van der Waals surface area contributed by atoms with Gasteiger partial charge in [0.1, 0.15) is 0 Å². The van der Waals surface area contributed by atoms with Crippen LogP contribution < -0.4 is 25.5 Å². The highest BCUT2D eigenvalue weighted by Crippen LogP contribution is 2.29. The fourth-order valence-corrected chi connectivity index (χ4v) is 5.09. The average Bonchev–Trinajstić information content (AvgIpc) is 3.51. The van der Waals surface area contributed by atoms with Gasteiger partial charge in [-0.1, -0.05) is 35.9 Å². The summed E-state index contributed by atoms with van der Waals surface area (Å²) in [6.07, 6.45) is 1.50. The first-order chi connectivity index (χ1) is 21.8. The van der Waals surface area contributed by atoms with E-state index >= 15 is 0 Å². The Morgan fingerprint density at radius 2 is 1.73 bits per heavy atom. The highest BCUT2D eigenvalue weighted by molar-refractivity contribution is 7.14. The quantitative estimate of drug-likeness (QED) is 0.101. The van der Waals surface area contributed by atoms with Crippen molar-refractivity contribution in [1.82, 2.24) is 10.4 Å². The van der Waals surface area contributed by atoms with Gasteiger partial charge in [0.15, 0.2) is 23.2 Å². The van der Waals surface area contributed by atoms with Gasteiger partial charge in [-0.2, -0.15) is 5.10 Å². The lowest BCUT2D eigenvalue weighted by Gasteiger charge is -2.12. The summed E-state index contributed by atoms with van der Waals surface area (Å²) in [6.45, 7) is 3.71. The molecular formula is C34H30ClN5O4S. The third kappa shape index (κ3) is 8.47. The summed E-state index contributed by atoms with van der Waals surface area (Å²) in [4.78, 5) is 29.8. The van der Waals surface area contributed by atoms with Gasteiger partial charge in [-0.15, -0.1) is 11.3 Å². The summed E-state index contributed by atoms with van der Waals surface area (Å²) >= 11 is 7.43. The minimum Gasteiger partial charge on any atom is -0.493 e. The lowest BCUT2D eigenvalue weighted by atomic mass is 10.1. The number of aromatic nitrogens is 1. The summed E-state index contributed by atoms with van der Waals surface area (Å²) in [5, 5.41) is 13.6. The van der Waals surface area contributed by atoms with E-state index in [1.807, 2.05) is 73.8 Å².